The Balaban J connectivity index is 1.11. The molecule has 2 radical (unpaired) electrons. The van der Waals surface area contributed by atoms with Crippen LogP contribution in [0.25, 0.3) is 60.4 Å². The number of benzene rings is 8. The first-order valence-electron chi connectivity index (χ1n) is 19.4. The van der Waals surface area contributed by atoms with Crippen LogP contribution in [0.2, 0.25) is 0 Å². The number of nitrogens with two attached hydrogens (primary N) is 1. The minimum absolute atomic E-state index is 0.496. The zero-order chi connectivity index (χ0) is 38.3. The van der Waals surface area contributed by atoms with Crippen LogP contribution in [0.1, 0.15) is 17.3 Å². The molecule has 0 amide bonds. The van der Waals surface area contributed by atoms with E-state index in [1.54, 1.807) is 0 Å². The Bertz CT molecular complexity index is 3060. The Hall–Kier alpha value is -6.92. The molecule has 272 valence electrons. The number of hydrogen-bond acceptors (Lipinski definition) is 2. The van der Waals surface area contributed by atoms with Crippen LogP contribution in [0.3, 0.4) is 0 Å². The van der Waals surface area contributed by atoms with Crippen molar-refractivity contribution in [1.29, 1.82) is 0 Å². The quantitative estimate of drug-likeness (QED) is 0.112. The third kappa shape index (κ3) is 6.33. The maximum atomic E-state index is 7.44. The molecule has 0 fully saturated rings. The van der Waals surface area contributed by atoms with Gasteiger partial charge in [-0.1, -0.05) is 169 Å². The number of fused-ring (bicyclic) bond motifs is 6. The van der Waals surface area contributed by atoms with Crippen LogP contribution in [-0.4, -0.2) is 18.8 Å². The first kappa shape index (κ1) is 34.6. The molecule has 0 aliphatic heterocycles. The standard InChI is InChI=1S/C52H40N4Si/c1-36(32-37-16-5-2-6-17-37)55(52(53)40-18-15-23-43(33-40)57-42-21-9-4-10-22-42)56-50-27-14-12-25-45(50)47-35-39(29-31-51(47)56)38-28-30-49-46(34-38)44-24-11-13-26-48(44)54(49)41-19-7-3-8-20-41/h2-31,33-35,52H,1,32,53H2. The molecular formula is C52H40N4Si. The van der Waals surface area contributed by atoms with E-state index in [0.717, 1.165) is 33.5 Å². The van der Waals surface area contributed by atoms with Crippen LogP contribution in [0.15, 0.2) is 212 Å². The second-order valence-corrected chi connectivity index (χ2v) is 16.0. The number of hydrogen-bond donors (Lipinski definition) is 1. The van der Waals surface area contributed by atoms with Crippen LogP contribution in [0.5, 0.6) is 0 Å². The summed E-state index contributed by atoms with van der Waals surface area (Å²) in [5, 5.41) is 9.57. The van der Waals surface area contributed by atoms with Crippen molar-refractivity contribution in [2.24, 2.45) is 5.73 Å². The summed E-state index contributed by atoms with van der Waals surface area (Å²) in [4.78, 5) is 0. The maximum absolute atomic E-state index is 7.44. The van der Waals surface area contributed by atoms with Gasteiger partial charge in [-0.3, -0.25) is 9.69 Å². The lowest BCUT2D eigenvalue weighted by molar-refractivity contribution is 0.563. The number of allylic oxidation sites excluding steroid dienone is 1. The van der Waals surface area contributed by atoms with Crippen molar-refractivity contribution in [3.05, 3.63) is 224 Å². The molecule has 0 saturated heterocycles. The van der Waals surface area contributed by atoms with Gasteiger partial charge in [0.05, 0.1) is 22.1 Å². The van der Waals surface area contributed by atoms with E-state index in [1.807, 2.05) is 0 Å². The van der Waals surface area contributed by atoms with Gasteiger partial charge in [-0.25, -0.2) is 0 Å². The van der Waals surface area contributed by atoms with E-state index in [0.29, 0.717) is 15.9 Å². The number of nitrogens with zero attached hydrogens (tertiary/aromatic N) is 3. The lowest BCUT2D eigenvalue weighted by Gasteiger charge is -2.35. The predicted molar refractivity (Wildman–Crippen MR) is 242 cm³/mol. The fourth-order valence-electron chi connectivity index (χ4n) is 8.38. The average molecular weight is 749 g/mol. The molecule has 2 heterocycles. The third-order valence-electron chi connectivity index (χ3n) is 11.0. The summed E-state index contributed by atoms with van der Waals surface area (Å²) < 4.78 is 4.66. The Labute approximate surface area is 335 Å². The molecule has 1 atom stereocenters. The van der Waals surface area contributed by atoms with E-state index < -0.39 is 6.17 Å². The molecule has 57 heavy (non-hydrogen) atoms. The van der Waals surface area contributed by atoms with Crippen molar-refractivity contribution in [3.8, 4) is 16.8 Å². The molecular weight excluding hydrogens is 709 g/mol. The molecule has 0 spiro atoms. The summed E-state index contributed by atoms with van der Waals surface area (Å²) in [6.45, 7) is 4.72. The molecule has 1 unspecified atom stereocenters. The molecule has 2 N–H and O–H groups in total. The van der Waals surface area contributed by atoms with E-state index >= 15 is 0 Å². The summed E-state index contributed by atoms with van der Waals surface area (Å²) in [6, 6.07) is 71.6. The normalized spacial score (nSPS) is 12.1. The van der Waals surface area contributed by atoms with Crippen LogP contribution >= 0.6 is 0 Å². The number of rotatable bonds is 10. The van der Waals surface area contributed by atoms with Gasteiger partial charge in [0.2, 0.25) is 0 Å². The zero-order valence-corrected chi connectivity index (χ0v) is 32.5. The average Bonchev–Trinajstić information content (AvgIpc) is 3.77. The lowest BCUT2D eigenvalue weighted by Crippen LogP contribution is -2.42. The van der Waals surface area contributed by atoms with Gasteiger partial charge in [0.15, 0.2) is 0 Å². The summed E-state index contributed by atoms with van der Waals surface area (Å²) in [6.07, 6.45) is 0.160. The van der Waals surface area contributed by atoms with Crippen LogP contribution in [-0.2, 0) is 6.42 Å². The highest BCUT2D eigenvalue weighted by Gasteiger charge is 2.25. The maximum Gasteiger partial charge on any atom is 0.123 e. The summed E-state index contributed by atoms with van der Waals surface area (Å²) in [7, 11) is 0.535. The SMILES string of the molecule is C=C(Cc1ccccc1)N(C(N)c1cccc([Si]c2ccccc2)c1)n1c2ccccc2c2cc(-c3ccc4c(c3)c3ccccc3n4-c3ccccc3)ccc21. The summed E-state index contributed by atoms with van der Waals surface area (Å²) in [5.41, 5.74) is 18.6. The first-order valence-corrected chi connectivity index (χ1v) is 20.4. The Kier molecular flexibility index (Phi) is 8.87. The molecule has 0 saturated carbocycles. The third-order valence-corrected chi connectivity index (χ3v) is 12.2. The molecule has 0 aliphatic carbocycles. The molecule has 2 aromatic heterocycles. The van der Waals surface area contributed by atoms with Crippen molar-refractivity contribution < 1.29 is 0 Å². The molecule has 10 rings (SSSR count). The lowest BCUT2D eigenvalue weighted by atomic mass is 10.0. The highest BCUT2D eigenvalue weighted by atomic mass is 28.2. The van der Waals surface area contributed by atoms with Crippen molar-refractivity contribution in [2.75, 3.05) is 5.01 Å². The van der Waals surface area contributed by atoms with Gasteiger partial charge >= 0.3 is 0 Å². The van der Waals surface area contributed by atoms with E-state index in [2.05, 4.69) is 214 Å². The molecule has 10 aromatic rings. The van der Waals surface area contributed by atoms with E-state index in [4.69, 9.17) is 12.3 Å². The number of aromatic nitrogens is 2. The highest BCUT2D eigenvalue weighted by molar-refractivity contribution is 6.67. The van der Waals surface area contributed by atoms with Crippen LogP contribution < -0.4 is 21.1 Å². The molecule has 8 aromatic carbocycles. The van der Waals surface area contributed by atoms with Gasteiger partial charge in [-0.15, -0.1) is 0 Å². The molecule has 5 heteroatoms. The van der Waals surface area contributed by atoms with E-state index in [-0.39, 0.29) is 0 Å². The van der Waals surface area contributed by atoms with Gasteiger partial charge in [0.1, 0.15) is 15.7 Å². The van der Waals surface area contributed by atoms with Gasteiger partial charge in [-0.05, 0) is 70.8 Å². The van der Waals surface area contributed by atoms with Gasteiger partial charge in [0, 0.05) is 39.4 Å². The Morgan fingerprint density at radius 3 is 1.75 bits per heavy atom. The molecule has 0 aliphatic rings. The van der Waals surface area contributed by atoms with Crippen molar-refractivity contribution in [1.82, 2.24) is 9.24 Å². The Morgan fingerprint density at radius 2 is 1.04 bits per heavy atom. The zero-order valence-electron chi connectivity index (χ0n) is 31.5. The van der Waals surface area contributed by atoms with E-state index in [1.165, 1.54) is 54.1 Å². The molecule has 0 bridgehead atoms. The fourth-order valence-corrected chi connectivity index (χ4v) is 9.49. The topological polar surface area (TPSA) is 39.1 Å². The minimum atomic E-state index is -0.496. The Morgan fingerprint density at radius 1 is 0.509 bits per heavy atom. The van der Waals surface area contributed by atoms with Crippen molar-refractivity contribution in [3.63, 3.8) is 0 Å². The van der Waals surface area contributed by atoms with E-state index in [9.17, 15) is 0 Å². The van der Waals surface area contributed by atoms with Crippen molar-refractivity contribution >= 4 is 63.5 Å². The summed E-state index contributed by atoms with van der Waals surface area (Å²) >= 11 is 0. The van der Waals surface area contributed by atoms with Gasteiger partial charge < -0.3 is 10.3 Å². The second kappa shape index (κ2) is 14.6. The smallest absolute Gasteiger partial charge is 0.123 e. The highest BCUT2D eigenvalue weighted by Crippen LogP contribution is 2.38. The summed E-state index contributed by atoms with van der Waals surface area (Å²) in [5.74, 6) is 0. The second-order valence-electron chi connectivity index (χ2n) is 14.6. The van der Waals surface area contributed by atoms with Crippen LogP contribution in [0.4, 0.5) is 0 Å². The molecule has 4 nitrogen and oxygen atoms in total. The fraction of sp³-hybridized carbons (Fsp3) is 0.0385. The van der Waals surface area contributed by atoms with Gasteiger partial charge in [0.25, 0.3) is 0 Å². The monoisotopic (exact) mass is 748 g/mol. The van der Waals surface area contributed by atoms with Gasteiger partial charge in [-0.2, -0.15) is 0 Å². The first-order chi connectivity index (χ1) is 28.1. The predicted octanol–water partition coefficient (Wildman–Crippen LogP) is 10.6. The minimum Gasteiger partial charge on any atom is -0.309 e. The largest absolute Gasteiger partial charge is 0.309 e. The number of para-hydroxylation sites is 3. The van der Waals surface area contributed by atoms with Crippen molar-refractivity contribution in [2.45, 2.75) is 12.6 Å². The van der Waals surface area contributed by atoms with Crippen LogP contribution in [0, 0.1) is 0 Å².